The molecule has 2 aliphatic heterocycles. The molecule has 0 aromatic carbocycles. The molecule has 1 N–H and O–H groups in total. The molecule has 0 atom stereocenters. The highest BCUT2D eigenvalue weighted by Gasteiger charge is 2.36. The van der Waals surface area contributed by atoms with Gasteiger partial charge in [0.25, 0.3) is 10.2 Å². The number of hydrogen-bond acceptors (Lipinski definition) is 4. The monoisotopic (exact) mass is 320 g/mol. The van der Waals surface area contributed by atoms with Crippen LogP contribution in [0.3, 0.4) is 0 Å². The topological polar surface area (TPSA) is 87.2 Å². The van der Waals surface area contributed by atoms with Crippen molar-refractivity contribution >= 4 is 16.2 Å². The lowest BCUT2D eigenvalue weighted by Gasteiger charge is -2.37. The van der Waals surface area contributed by atoms with Crippen molar-refractivity contribution in [3.8, 4) is 0 Å². The van der Waals surface area contributed by atoms with E-state index in [1.807, 2.05) is 6.92 Å². The number of nitrogens with zero attached hydrogens (tertiary/aromatic N) is 2. The van der Waals surface area contributed by atoms with E-state index in [0.717, 1.165) is 12.8 Å². The Bertz CT molecular complexity index is 451. The summed E-state index contributed by atoms with van der Waals surface area (Å²) in [6.45, 7) is 4.14. The molecule has 0 saturated carbocycles. The van der Waals surface area contributed by atoms with Crippen LogP contribution in [0.25, 0.3) is 0 Å². The number of aliphatic carboxylic acids is 1. The molecule has 0 aromatic heterocycles. The van der Waals surface area contributed by atoms with Crippen molar-refractivity contribution in [3.05, 3.63) is 0 Å². The summed E-state index contributed by atoms with van der Waals surface area (Å²) in [5.41, 5.74) is 0. The second-order valence-electron chi connectivity index (χ2n) is 5.57. The molecule has 8 heteroatoms. The van der Waals surface area contributed by atoms with E-state index in [9.17, 15) is 13.2 Å². The summed E-state index contributed by atoms with van der Waals surface area (Å²) in [5.74, 6) is -1.25. The van der Waals surface area contributed by atoms with Crippen LogP contribution in [0.4, 0.5) is 0 Å². The first-order valence-corrected chi connectivity index (χ1v) is 8.94. The standard InChI is InChI=1S/C13H24N2O5S/c1-2-20-12-5-9-15(10-6-12)21(18,19)14-7-3-11(4-8-14)13(16)17/h11-12H,2-10H2,1H3,(H,16,17). The van der Waals surface area contributed by atoms with Crippen molar-refractivity contribution in [1.29, 1.82) is 0 Å². The van der Waals surface area contributed by atoms with Gasteiger partial charge < -0.3 is 9.84 Å². The highest BCUT2D eigenvalue weighted by atomic mass is 32.2. The maximum Gasteiger partial charge on any atom is 0.306 e. The van der Waals surface area contributed by atoms with Gasteiger partial charge in [-0.1, -0.05) is 0 Å². The molecule has 0 aliphatic carbocycles. The van der Waals surface area contributed by atoms with Gasteiger partial charge in [0.15, 0.2) is 0 Å². The van der Waals surface area contributed by atoms with Crippen molar-refractivity contribution in [2.24, 2.45) is 5.92 Å². The fourth-order valence-electron chi connectivity index (χ4n) is 2.96. The third kappa shape index (κ3) is 3.94. The summed E-state index contributed by atoms with van der Waals surface area (Å²) < 4.78 is 33.5. The molecule has 2 saturated heterocycles. The molecule has 21 heavy (non-hydrogen) atoms. The number of carboxylic acids is 1. The Balaban J connectivity index is 1.90. The minimum Gasteiger partial charge on any atom is -0.481 e. The molecule has 0 unspecified atom stereocenters. The lowest BCUT2D eigenvalue weighted by molar-refractivity contribution is -0.142. The maximum atomic E-state index is 12.5. The lowest BCUT2D eigenvalue weighted by Crippen LogP contribution is -2.50. The lowest BCUT2D eigenvalue weighted by atomic mass is 9.99. The number of carbonyl (C=O) groups is 1. The Morgan fingerprint density at radius 3 is 2.00 bits per heavy atom. The van der Waals surface area contributed by atoms with Crippen LogP contribution in [-0.2, 0) is 19.7 Å². The zero-order chi connectivity index (χ0) is 15.5. The van der Waals surface area contributed by atoms with Crippen LogP contribution in [0.15, 0.2) is 0 Å². The first-order valence-electron chi connectivity index (χ1n) is 7.54. The smallest absolute Gasteiger partial charge is 0.306 e. The fourth-order valence-corrected chi connectivity index (χ4v) is 4.63. The quantitative estimate of drug-likeness (QED) is 0.798. The Kier molecular flexibility index (Phi) is 5.59. The number of hydrogen-bond donors (Lipinski definition) is 1. The molecule has 2 fully saturated rings. The van der Waals surface area contributed by atoms with Gasteiger partial charge in [0.05, 0.1) is 12.0 Å². The van der Waals surface area contributed by atoms with E-state index in [-0.39, 0.29) is 6.10 Å². The van der Waals surface area contributed by atoms with Crippen LogP contribution < -0.4 is 0 Å². The molecule has 0 spiro atoms. The van der Waals surface area contributed by atoms with E-state index in [2.05, 4.69) is 0 Å². The van der Waals surface area contributed by atoms with Crippen LogP contribution in [0.2, 0.25) is 0 Å². The molecular weight excluding hydrogens is 296 g/mol. The minimum atomic E-state index is -3.45. The van der Waals surface area contributed by atoms with Crippen LogP contribution in [-0.4, -0.2) is 67.0 Å². The Hall–Kier alpha value is -0.700. The van der Waals surface area contributed by atoms with E-state index < -0.39 is 22.1 Å². The summed E-state index contributed by atoms with van der Waals surface area (Å²) in [4.78, 5) is 10.9. The van der Waals surface area contributed by atoms with E-state index in [1.165, 1.54) is 8.61 Å². The van der Waals surface area contributed by atoms with Crippen molar-refractivity contribution < 1.29 is 23.1 Å². The summed E-state index contributed by atoms with van der Waals surface area (Å²) in [6.07, 6.45) is 2.38. The van der Waals surface area contributed by atoms with Crippen molar-refractivity contribution in [1.82, 2.24) is 8.61 Å². The van der Waals surface area contributed by atoms with Crippen molar-refractivity contribution in [2.75, 3.05) is 32.8 Å². The van der Waals surface area contributed by atoms with Gasteiger partial charge in [-0.05, 0) is 32.6 Å². The highest BCUT2D eigenvalue weighted by Crippen LogP contribution is 2.24. The number of piperidine rings is 2. The Labute approximate surface area is 126 Å². The van der Waals surface area contributed by atoms with Crippen LogP contribution in [0, 0.1) is 5.92 Å². The van der Waals surface area contributed by atoms with Gasteiger partial charge in [0.1, 0.15) is 0 Å². The average molecular weight is 320 g/mol. The molecule has 2 aliphatic rings. The van der Waals surface area contributed by atoms with Gasteiger partial charge >= 0.3 is 5.97 Å². The first-order chi connectivity index (χ1) is 9.95. The Morgan fingerprint density at radius 1 is 1.10 bits per heavy atom. The molecule has 0 radical (unpaired) electrons. The van der Waals surface area contributed by atoms with E-state index in [4.69, 9.17) is 9.84 Å². The Morgan fingerprint density at radius 2 is 1.57 bits per heavy atom. The minimum absolute atomic E-state index is 0.152. The second kappa shape index (κ2) is 7.04. The van der Waals surface area contributed by atoms with Gasteiger partial charge in [-0.15, -0.1) is 0 Å². The van der Waals surface area contributed by atoms with E-state index >= 15 is 0 Å². The predicted octanol–water partition coefficient (Wildman–Crippen LogP) is 0.529. The van der Waals surface area contributed by atoms with Crippen LogP contribution in [0.5, 0.6) is 0 Å². The third-order valence-corrected chi connectivity index (χ3v) is 6.29. The second-order valence-corrected chi connectivity index (χ2v) is 7.50. The number of rotatable bonds is 5. The summed E-state index contributed by atoms with van der Waals surface area (Å²) in [7, 11) is -3.45. The zero-order valence-electron chi connectivity index (χ0n) is 12.4. The molecule has 2 heterocycles. The molecule has 0 amide bonds. The van der Waals surface area contributed by atoms with Gasteiger partial charge in [-0.3, -0.25) is 4.79 Å². The molecular formula is C13H24N2O5S. The number of ether oxygens (including phenoxy) is 1. The van der Waals surface area contributed by atoms with Gasteiger partial charge in [-0.2, -0.15) is 17.0 Å². The van der Waals surface area contributed by atoms with E-state index in [0.29, 0.717) is 45.6 Å². The van der Waals surface area contributed by atoms with E-state index in [1.54, 1.807) is 0 Å². The highest BCUT2D eigenvalue weighted by molar-refractivity contribution is 7.86. The normalized spacial score (nSPS) is 24.2. The largest absolute Gasteiger partial charge is 0.481 e. The number of carboxylic acid groups (broad SMARTS) is 1. The SMILES string of the molecule is CCOC1CCN(S(=O)(=O)N2CCC(C(=O)O)CC2)CC1. The summed E-state index contributed by atoms with van der Waals surface area (Å²) in [5, 5.41) is 8.96. The molecule has 0 bridgehead atoms. The van der Waals surface area contributed by atoms with Crippen LogP contribution >= 0.6 is 0 Å². The summed E-state index contributed by atoms with van der Waals surface area (Å²) in [6, 6.07) is 0. The summed E-state index contributed by atoms with van der Waals surface area (Å²) >= 11 is 0. The fraction of sp³-hybridized carbons (Fsp3) is 0.923. The van der Waals surface area contributed by atoms with Crippen molar-refractivity contribution in [3.63, 3.8) is 0 Å². The maximum absolute atomic E-state index is 12.5. The third-order valence-electron chi connectivity index (χ3n) is 4.26. The predicted molar refractivity (Wildman–Crippen MR) is 77.1 cm³/mol. The van der Waals surface area contributed by atoms with Gasteiger partial charge in [0.2, 0.25) is 0 Å². The van der Waals surface area contributed by atoms with Gasteiger partial charge in [-0.25, -0.2) is 0 Å². The van der Waals surface area contributed by atoms with Gasteiger partial charge in [0, 0.05) is 32.8 Å². The molecule has 0 aromatic rings. The first kappa shape index (κ1) is 16.7. The van der Waals surface area contributed by atoms with Crippen LogP contribution in [0.1, 0.15) is 32.6 Å². The van der Waals surface area contributed by atoms with Crippen molar-refractivity contribution in [2.45, 2.75) is 38.7 Å². The molecule has 7 nitrogen and oxygen atoms in total. The molecule has 2 rings (SSSR count). The molecule has 122 valence electrons. The zero-order valence-corrected chi connectivity index (χ0v) is 13.2. The average Bonchev–Trinajstić information content (AvgIpc) is 2.48.